The van der Waals surface area contributed by atoms with Gasteiger partial charge < -0.3 is 10.3 Å². The summed E-state index contributed by atoms with van der Waals surface area (Å²) in [6.45, 7) is 5.71. The largest absolute Gasteiger partial charge is 0.416 e. The van der Waals surface area contributed by atoms with Crippen LogP contribution < -0.4 is 10.7 Å². The van der Waals surface area contributed by atoms with Gasteiger partial charge >= 0.3 is 6.18 Å². The highest BCUT2D eigenvalue weighted by Gasteiger charge is 2.30. The number of aryl methyl sites for hydroxylation is 2. The number of hydrogen-bond donors (Lipinski definition) is 3. The summed E-state index contributed by atoms with van der Waals surface area (Å²) in [7, 11) is 0. The summed E-state index contributed by atoms with van der Waals surface area (Å²) >= 11 is 5.07. The molecule has 2 rings (SSSR count). The fourth-order valence-electron chi connectivity index (χ4n) is 2.34. The zero-order chi connectivity index (χ0) is 17.9. The van der Waals surface area contributed by atoms with Crippen LogP contribution in [-0.2, 0) is 6.18 Å². The number of hydrazone groups is 1. The van der Waals surface area contributed by atoms with E-state index in [2.05, 4.69) is 20.8 Å². The SMILES string of the molecule is C/C(=N\NC(=S)Nc1cccc(C(F)(F)F)c1)c1c(C)c[nH]c1C. The maximum Gasteiger partial charge on any atom is 0.416 e. The predicted molar refractivity (Wildman–Crippen MR) is 93.3 cm³/mol. The van der Waals surface area contributed by atoms with Gasteiger partial charge in [0.2, 0.25) is 0 Å². The van der Waals surface area contributed by atoms with Crippen molar-refractivity contribution in [1.29, 1.82) is 0 Å². The third kappa shape index (κ3) is 4.35. The quantitative estimate of drug-likeness (QED) is 0.436. The van der Waals surface area contributed by atoms with Crippen molar-refractivity contribution in [3.8, 4) is 0 Å². The number of aromatic nitrogens is 1. The molecule has 4 nitrogen and oxygen atoms in total. The maximum atomic E-state index is 12.7. The molecule has 0 aliphatic rings. The molecule has 0 saturated carbocycles. The summed E-state index contributed by atoms with van der Waals surface area (Å²) < 4.78 is 38.1. The average molecular weight is 354 g/mol. The van der Waals surface area contributed by atoms with E-state index in [0.717, 1.165) is 34.7 Å². The molecule has 0 aliphatic heterocycles. The second-order valence-electron chi connectivity index (χ2n) is 5.31. The smallest absolute Gasteiger partial charge is 0.364 e. The lowest BCUT2D eigenvalue weighted by Crippen LogP contribution is -2.25. The lowest BCUT2D eigenvalue weighted by atomic mass is 10.1. The Morgan fingerprint density at radius 3 is 2.54 bits per heavy atom. The first-order valence-electron chi connectivity index (χ1n) is 7.12. The molecule has 0 atom stereocenters. The van der Waals surface area contributed by atoms with E-state index in [9.17, 15) is 13.2 Å². The summed E-state index contributed by atoms with van der Waals surface area (Å²) in [4.78, 5) is 3.10. The Bertz CT molecular complexity index is 758. The van der Waals surface area contributed by atoms with Gasteiger partial charge in [0.15, 0.2) is 5.11 Å². The number of rotatable bonds is 3. The van der Waals surface area contributed by atoms with Crippen molar-refractivity contribution >= 4 is 28.7 Å². The van der Waals surface area contributed by atoms with E-state index in [1.165, 1.54) is 12.1 Å². The molecular weight excluding hydrogens is 337 g/mol. The van der Waals surface area contributed by atoms with E-state index in [1.54, 1.807) is 0 Å². The van der Waals surface area contributed by atoms with E-state index in [1.807, 2.05) is 27.0 Å². The van der Waals surface area contributed by atoms with Crippen LogP contribution in [0.2, 0.25) is 0 Å². The molecule has 1 heterocycles. The van der Waals surface area contributed by atoms with E-state index in [4.69, 9.17) is 12.2 Å². The highest BCUT2D eigenvalue weighted by Crippen LogP contribution is 2.30. The van der Waals surface area contributed by atoms with Crippen LogP contribution in [0.4, 0.5) is 18.9 Å². The Labute approximate surface area is 143 Å². The van der Waals surface area contributed by atoms with Gasteiger partial charge in [0.1, 0.15) is 0 Å². The third-order valence-electron chi connectivity index (χ3n) is 3.41. The van der Waals surface area contributed by atoms with Crippen molar-refractivity contribution in [2.75, 3.05) is 5.32 Å². The zero-order valence-corrected chi connectivity index (χ0v) is 14.2. The normalized spacial score (nSPS) is 12.2. The molecule has 24 heavy (non-hydrogen) atoms. The van der Waals surface area contributed by atoms with Crippen LogP contribution in [0.5, 0.6) is 0 Å². The van der Waals surface area contributed by atoms with E-state index in [0.29, 0.717) is 0 Å². The third-order valence-corrected chi connectivity index (χ3v) is 3.60. The van der Waals surface area contributed by atoms with Gasteiger partial charge in [-0.1, -0.05) is 6.07 Å². The molecule has 0 radical (unpaired) electrons. The minimum Gasteiger partial charge on any atom is -0.364 e. The zero-order valence-electron chi connectivity index (χ0n) is 13.4. The monoisotopic (exact) mass is 354 g/mol. The molecule has 1 aromatic heterocycles. The standard InChI is InChI=1S/C16H17F3N4S/c1-9-8-20-10(2)14(9)11(3)22-23-15(24)21-13-6-4-5-12(7-13)16(17,18)19/h4-8,20H,1-3H3,(H2,21,23,24)/b22-11+. The highest BCUT2D eigenvalue weighted by atomic mass is 32.1. The summed E-state index contributed by atoms with van der Waals surface area (Å²) in [5, 5.41) is 6.98. The maximum absolute atomic E-state index is 12.7. The van der Waals surface area contributed by atoms with Crippen LogP contribution in [0.15, 0.2) is 35.6 Å². The van der Waals surface area contributed by atoms with Crippen molar-refractivity contribution in [2.45, 2.75) is 26.9 Å². The number of halogens is 3. The molecule has 0 unspecified atom stereocenters. The van der Waals surface area contributed by atoms with Crippen molar-refractivity contribution in [2.24, 2.45) is 5.10 Å². The van der Waals surface area contributed by atoms with Gasteiger partial charge in [-0.2, -0.15) is 18.3 Å². The predicted octanol–water partition coefficient (Wildman–Crippen LogP) is 4.36. The molecule has 0 spiro atoms. The molecule has 2 aromatic rings. The van der Waals surface area contributed by atoms with Gasteiger partial charge in [-0.3, -0.25) is 5.43 Å². The topological polar surface area (TPSA) is 52.2 Å². The Morgan fingerprint density at radius 2 is 1.96 bits per heavy atom. The molecule has 0 bridgehead atoms. The summed E-state index contributed by atoms with van der Waals surface area (Å²) in [6.07, 6.45) is -2.52. The second-order valence-corrected chi connectivity index (χ2v) is 5.72. The van der Waals surface area contributed by atoms with Crippen molar-refractivity contribution < 1.29 is 13.2 Å². The van der Waals surface area contributed by atoms with Gasteiger partial charge in [0.25, 0.3) is 0 Å². The lowest BCUT2D eigenvalue weighted by Gasteiger charge is -2.11. The molecule has 0 amide bonds. The van der Waals surface area contributed by atoms with Gasteiger partial charge in [0, 0.05) is 23.1 Å². The van der Waals surface area contributed by atoms with E-state index < -0.39 is 11.7 Å². The van der Waals surface area contributed by atoms with Gasteiger partial charge in [0.05, 0.1) is 11.3 Å². The molecule has 0 fully saturated rings. The molecular formula is C16H17F3N4S. The summed E-state index contributed by atoms with van der Waals surface area (Å²) in [6, 6.07) is 4.81. The highest BCUT2D eigenvalue weighted by molar-refractivity contribution is 7.80. The van der Waals surface area contributed by atoms with E-state index >= 15 is 0 Å². The van der Waals surface area contributed by atoms with Crippen LogP contribution in [0, 0.1) is 13.8 Å². The van der Waals surface area contributed by atoms with Crippen molar-refractivity contribution in [3.63, 3.8) is 0 Å². The number of benzene rings is 1. The number of H-pyrrole nitrogens is 1. The minimum atomic E-state index is -4.40. The number of hydrogen-bond acceptors (Lipinski definition) is 2. The van der Waals surface area contributed by atoms with Crippen LogP contribution in [0.1, 0.15) is 29.3 Å². The molecule has 8 heteroatoms. The number of nitrogens with zero attached hydrogens (tertiary/aromatic N) is 1. The van der Waals surface area contributed by atoms with Gasteiger partial charge in [-0.05, 0) is 56.8 Å². The Hall–Kier alpha value is -2.35. The van der Waals surface area contributed by atoms with Gasteiger partial charge in [-0.25, -0.2) is 0 Å². The lowest BCUT2D eigenvalue weighted by molar-refractivity contribution is -0.137. The number of anilines is 1. The molecule has 3 N–H and O–H groups in total. The Balaban J connectivity index is 2.05. The average Bonchev–Trinajstić information content (AvgIpc) is 2.83. The molecule has 0 aliphatic carbocycles. The number of thiocarbonyl (C=S) groups is 1. The summed E-state index contributed by atoms with van der Waals surface area (Å²) in [5.74, 6) is 0. The van der Waals surface area contributed by atoms with Crippen LogP contribution in [-0.4, -0.2) is 15.8 Å². The van der Waals surface area contributed by atoms with Crippen LogP contribution >= 0.6 is 12.2 Å². The fraction of sp³-hybridized carbons (Fsp3) is 0.250. The first-order valence-corrected chi connectivity index (χ1v) is 7.53. The Kier molecular flexibility index (Phi) is 5.28. The first-order chi connectivity index (χ1) is 11.2. The van der Waals surface area contributed by atoms with Crippen molar-refractivity contribution in [1.82, 2.24) is 10.4 Å². The second kappa shape index (κ2) is 7.04. The van der Waals surface area contributed by atoms with Crippen LogP contribution in [0.3, 0.4) is 0 Å². The fourth-order valence-corrected chi connectivity index (χ4v) is 2.50. The molecule has 0 saturated heterocycles. The van der Waals surface area contributed by atoms with Crippen LogP contribution in [0.25, 0.3) is 0 Å². The number of nitrogens with one attached hydrogen (secondary N) is 3. The molecule has 128 valence electrons. The Morgan fingerprint density at radius 1 is 1.25 bits per heavy atom. The first kappa shape index (κ1) is 18.0. The van der Waals surface area contributed by atoms with Crippen molar-refractivity contribution in [3.05, 3.63) is 52.8 Å². The number of alkyl halides is 3. The van der Waals surface area contributed by atoms with E-state index in [-0.39, 0.29) is 10.8 Å². The van der Waals surface area contributed by atoms with Gasteiger partial charge in [-0.15, -0.1) is 0 Å². The molecule has 1 aromatic carbocycles. The number of aromatic amines is 1. The minimum absolute atomic E-state index is 0.111. The summed E-state index contributed by atoms with van der Waals surface area (Å²) in [5.41, 5.74) is 5.87.